The molecule has 0 aliphatic carbocycles. The van der Waals surface area contributed by atoms with Crippen molar-refractivity contribution in [3.63, 3.8) is 0 Å². The summed E-state index contributed by atoms with van der Waals surface area (Å²) in [4.78, 5) is 11.8. The molecule has 0 heterocycles. The Labute approximate surface area is 139 Å². The van der Waals surface area contributed by atoms with Crippen molar-refractivity contribution in [2.75, 3.05) is 10.6 Å². The molecule has 2 rings (SSSR count). The number of hydrogen-bond acceptors (Lipinski definition) is 1. The number of rotatable bonds is 2. The van der Waals surface area contributed by atoms with Gasteiger partial charge in [0.25, 0.3) is 0 Å². The largest absolute Gasteiger partial charge is 0.323 e. The lowest BCUT2D eigenvalue weighted by Gasteiger charge is -2.09. The Morgan fingerprint density at radius 2 is 1.40 bits per heavy atom. The number of carbonyl (C=O) groups excluding carboxylic acids is 1. The van der Waals surface area contributed by atoms with E-state index in [9.17, 15) is 4.79 Å². The maximum atomic E-state index is 11.8. The molecule has 2 amide bonds. The fourth-order valence-electron chi connectivity index (χ4n) is 1.44. The summed E-state index contributed by atoms with van der Waals surface area (Å²) in [6.45, 7) is 0. The van der Waals surface area contributed by atoms with Gasteiger partial charge in [-0.1, -0.05) is 34.8 Å². The first-order chi connectivity index (χ1) is 9.45. The summed E-state index contributed by atoms with van der Waals surface area (Å²) in [6.07, 6.45) is 0. The van der Waals surface area contributed by atoms with E-state index in [4.69, 9.17) is 34.8 Å². The van der Waals surface area contributed by atoms with Gasteiger partial charge in [0, 0.05) is 15.8 Å². The minimum atomic E-state index is -0.391. The summed E-state index contributed by atoms with van der Waals surface area (Å²) in [5, 5.41) is 6.70. The maximum Gasteiger partial charge on any atom is 0.323 e. The molecule has 0 aliphatic heterocycles. The third-order valence-corrected chi connectivity index (χ3v) is 4.31. The summed E-state index contributed by atoms with van der Waals surface area (Å²) in [6, 6.07) is 9.53. The average Bonchev–Trinajstić information content (AvgIpc) is 2.38. The fourth-order valence-corrected chi connectivity index (χ4v) is 2.24. The van der Waals surface area contributed by atoms with Crippen molar-refractivity contribution in [3.05, 3.63) is 55.9 Å². The highest BCUT2D eigenvalue weighted by molar-refractivity contribution is 9.10. The van der Waals surface area contributed by atoms with Crippen molar-refractivity contribution >= 4 is 68.1 Å². The van der Waals surface area contributed by atoms with E-state index in [2.05, 4.69) is 26.6 Å². The van der Waals surface area contributed by atoms with Gasteiger partial charge in [0.15, 0.2) is 0 Å². The maximum absolute atomic E-state index is 11.8. The van der Waals surface area contributed by atoms with Gasteiger partial charge >= 0.3 is 6.03 Å². The predicted molar refractivity (Wildman–Crippen MR) is 88.3 cm³/mol. The van der Waals surface area contributed by atoms with Gasteiger partial charge in [0.05, 0.1) is 15.1 Å². The van der Waals surface area contributed by atoms with Crippen LogP contribution >= 0.6 is 50.7 Å². The molecular formula is C13H8BrCl3N2O. The first-order valence-corrected chi connectivity index (χ1v) is 7.36. The smallest absolute Gasteiger partial charge is 0.308 e. The molecule has 0 atom stereocenters. The van der Waals surface area contributed by atoms with E-state index in [1.807, 2.05) is 0 Å². The first kappa shape index (κ1) is 15.4. The Balaban J connectivity index is 2.04. The van der Waals surface area contributed by atoms with Crippen molar-refractivity contribution in [1.29, 1.82) is 0 Å². The van der Waals surface area contributed by atoms with Crippen molar-refractivity contribution in [2.24, 2.45) is 0 Å². The van der Waals surface area contributed by atoms with Crippen LogP contribution in [0, 0.1) is 0 Å². The Bertz CT molecular complexity index is 609. The number of benzene rings is 2. The Morgan fingerprint density at radius 3 is 1.95 bits per heavy atom. The molecular weight excluding hydrogens is 386 g/mol. The van der Waals surface area contributed by atoms with Crippen molar-refractivity contribution in [3.8, 4) is 0 Å². The third-order valence-electron chi connectivity index (χ3n) is 2.35. The molecule has 104 valence electrons. The van der Waals surface area contributed by atoms with Gasteiger partial charge in [0.2, 0.25) is 0 Å². The number of anilines is 2. The van der Waals surface area contributed by atoms with E-state index in [0.717, 1.165) is 0 Å². The zero-order valence-electron chi connectivity index (χ0n) is 9.88. The van der Waals surface area contributed by atoms with Crippen LogP contribution in [0.15, 0.2) is 40.9 Å². The van der Waals surface area contributed by atoms with Crippen LogP contribution < -0.4 is 10.6 Å². The molecule has 0 fully saturated rings. The lowest BCUT2D eigenvalue weighted by Crippen LogP contribution is -2.19. The van der Waals surface area contributed by atoms with Crippen LogP contribution in [0.5, 0.6) is 0 Å². The molecule has 0 aliphatic rings. The molecule has 7 heteroatoms. The van der Waals surface area contributed by atoms with Crippen molar-refractivity contribution in [2.45, 2.75) is 0 Å². The van der Waals surface area contributed by atoms with Gasteiger partial charge in [-0.2, -0.15) is 0 Å². The van der Waals surface area contributed by atoms with Crippen molar-refractivity contribution in [1.82, 2.24) is 0 Å². The molecule has 0 bridgehead atoms. The quantitative estimate of drug-likeness (QED) is 0.639. The van der Waals surface area contributed by atoms with Crippen LogP contribution in [0.25, 0.3) is 0 Å². The molecule has 0 unspecified atom stereocenters. The summed E-state index contributed by atoms with van der Waals surface area (Å²) >= 11 is 20.8. The van der Waals surface area contributed by atoms with Gasteiger partial charge in [-0.3, -0.25) is 0 Å². The lowest BCUT2D eigenvalue weighted by molar-refractivity contribution is 0.262. The number of urea groups is 1. The highest BCUT2D eigenvalue weighted by Crippen LogP contribution is 2.27. The average molecular weight is 394 g/mol. The monoisotopic (exact) mass is 392 g/mol. The number of amides is 2. The summed E-state index contributed by atoms with van der Waals surface area (Å²) in [7, 11) is 0. The van der Waals surface area contributed by atoms with Gasteiger partial charge in [-0.05, 0) is 52.3 Å². The highest BCUT2D eigenvalue weighted by Gasteiger charge is 2.06. The highest BCUT2D eigenvalue weighted by atomic mass is 79.9. The van der Waals surface area contributed by atoms with Crippen molar-refractivity contribution < 1.29 is 4.79 Å². The zero-order valence-corrected chi connectivity index (χ0v) is 13.7. The van der Waals surface area contributed by atoms with Gasteiger partial charge in [-0.25, -0.2) is 4.79 Å². The minimum Gasteiger partial charge on any atom is -0.308 e. The molecule has 0 saturated heterocycles. The summed E-state index contributed by atoms with van der Waals surface area (Å²) < 4.78 is 0.700. The number of nitrogens with one attached hydrogen (secondary N) is 2. The molecule has 2 aromatic rings. The number of carbonyl (C=O) groups is 1. The van der Waals surface area contributed by atoms with E-state index in [1.165, 1.54) is 0 Å². The Morgan fingerprint density at radius 1 is 0.850 bits per heavy atom. The SMILES string of the molecule is O=C(Nc1ccc(Cl)c(Cl)c1)Nc1ccc(Cl)c(Br)c1. The van der Waals surface area contributed by atoms with Crippen LogP contribution in [0.1, 0.15) is 0 Å². The second kappa shape index (κ2) is 6.68. The molecule has 0 spiro atoms. The van der Waals surface area contributed by atoms with E-state index in [0.29, 0.717) is 30.9 Å². The molecule has 2 aromatic carbocycles. The Kier molecular flexibility index (Phi) is 5.16. The molecule has 2 N–H and O–H groups in total. The van der Waals surface area contributed by atoms with Crippen LogP contribution in [-0.4, -0.2) is 6.03 Å². The molecule has 3 nitrogen and oxygen atoms in total. The van der Waals surface area contributed by atoms with Crippen LogP contribution in [0.3, 0.4) is 0 Å². The van der Waals surface area contributed by atoms with Gasteiger partial charge < -0.3 is 10.6 Å². The minimum absolute atomic E-state index is 0.374. The molecule has 0 saturated carbocycles. The summed E-state index contributed by atoms with van der Waals surface area (Å²) in [5.41, 5.74) is 1.16. The van der Waals surface area contributed by atoms with Crippen LogP contribution in [-0.2, 0) is 0 Å². The molecule has 20 heavy (non-hydrogen) atoms. The first-order valence-electron chi connectivity index (χ1n) is 5.44. The van der Waals surface area contributed by atoms with E-state index < -0.39 is 6.03 Å². The molecule has 0 aromatic heterocycles. The summed E-state index contributed by atoms with van der Waals surface area (Å²) in [5.74, 6) is 0. The normalized spacial score (nSPS) is 10.2. The topological polar surface area (TPSA) is 41.1 Å². The van der Waals surface area contributed by atoms with E-state index in [1.54, 1.807) is 36.4 Å². The number of hydrogen-bond donors (Lipinski definition) is 2. The second-order valence-electron chi connectivity index (χ2n) is 3.84. The standard InChI is InChI=1S/C13H8BrCl3N2O/c14-9-5-7(1-3-10(9)15)18-13(20)19-8-2-4-11(16)12(17)6-8/h1-6H,(H2,18,19,20). The van der Waals surface area contributed by atoms with Crippen LogP contribution in [0.4, 0.5) is 16.2 Å². The fraction of sp³-hybridized carbons (Fsp3) is 0. The Hall–Kier alpha value is -0.940. The molecule has 0 radical (unpaired) electrons. The number of halogens is 4. The predicted octanol–water partition coefficient (Wildman–Crippen LogP) is 6.05. The zero-order chi connectivity index (χ0) is 14.7. The van der Waals surface area contributed by atoms with Gasteiger partial charge in [-0.15, -0.1) is 0 Å². The lowest BCUT2D eigenvalue weighted by atomic mass is 10.3. The second-order valence-corrected chi connectivity index (χ2v) is 5.91. The van der Waals surface area contributed by atoms with E-state index >= 15 is 0 Å². The third kappa shape index (κ3) is 4.03. The van der Waals surface area contributed by atoms with E-state index in [-0.39, 0.29) is 0 Å². The van der Waals surface area contributed by atoms with Crippen LogP contribution in [0.2, 0.25) is 15.1 Å². The van der Waals surface area contributed by atoms with Gasteiger partial charge in [0.1, 0.15) is 0 Å².